The summed E-state index contributed by atoms with van der Waals surface area (Å²) >= 11 is 0. The molecule has 1 spiro atoms. The molecule has 5 aromatic rings. The average Bonchev–Trinajstić information content (AvgIpc) is 3.63. The minimum atomic E-state index is -1.47. The fourth-order valence-corrected chi connectivity index (χ4v) is 7.78. The fraction of sp³-hybridized carbons (Fsp3) is 0.146. The highest BCUT2D eigenvalue weighted by Crippen LogP contribution is 2.58. The Morgan fingerprint density at radius 3 is 2.08 bits per heavy atom. The van der Waals surface area contributed by atoms with Crippen LogP contribution in [0.5, 0.6) is 5.75 Å². The van der Waals surface area contributed by atoms with Gasteiger partial charge in [-0.1, -0.05) is 109 Å². The van der Waals surface area contributed by atoms with E-state index in [1.807, 2.05) is 126 Å². The maximum Gasteiger partial charge on any atom is 0.314 e. The molecule has 1 saturated heterocycles. The smallest absolute Gasteiger partial charge is 0.314 e. The summed E-state index contributed by atoms with van der Waals surface area (Å²) in [5.74, 6) is -1.88. The highest BCUT2D eigenvalue weighted by molar-refractivity contribution is 6.15. The van der Waals surface area contributed by atoms with Crippen LogP contribution < -0.4 is 15.0 Å². The molecule has 0 radical (unpaired) electrons. The van der Waals surface area contributed by atoms with Gasteiger partial charge in [-0.2, -0.15) is 0 Å². The highest BCUT2D eigenvalue weighted by Gasteiger charge is 2.71. The Bertz CT molecular complexity index is 2020. The molecule has 3 aliphatic rings. The first-order chi connectivity index (χ1) is 23.5. The number of fused-ring (bicyclic) bond motifs is 6. The second kappa shape index (κ2) is 11.7. The number of nitrogens with zero attached hydrogens (tertiary/aromatic N) is 1. The van der Waals surface area contributed by atoms with Crippen molar-refractivity contribution in [3.63, 3.8) is 0 Å². The summed E-state index contributed by atoms with van der Waals surface area (Å²) in [5, 5.41) is 3.07. The molecule has 0 saturated carbocycles. The van der Waals surface area contributed by atoms with Gasteiger partial charge in [0.2, 0.25) is 5.91 Å². The zero-order chi connectivity index (χ0) is 32.8. The number of amides is 1. The number of hydrogen-bond donors (Lipinski definition) is 1. The van der Waals surface area contributed by atoms with Crippen molar-refractivity contribution in [1.82, 2.24) is 0 Å². The first-order valence-electron chi connectivity index (χ1n) is 16.0. The highest BCUT2D eigenvalue weighted by atomic mass is 16.5. The van der Waals surface area contributed by atoms with E-state index in [1.54, 1.807) is 31.4 Å². The largest absolute Gasteiger partial charge is 0.497 e. The summed E-state index contributed by atoms with van der Waals surface area (Å²) in [6.07, 6.45) is 3.16. The third-order valence-electron chi connectivity index (χ3n) is 9.88. The molecule has 7 nitrogen and oxygen atoms in total. The number of ketones is 1. The molecule has 3 aliphatic heterocycles. The molecule has 0 aliphatic carbocycles. The summed E-state index contributed by atoms with van der Waals surface area (Å²) in [4.78, 5) is 46.8. The molecule has 1 N–H and O–H groups in total. The number of Topliss-reactive ketones (excluding diaryl/α,β-unsaturated/α-hetero) is 1. The molecule has 5 aromatic carbocycles. The van der Waals surface area contributed by atoms with Crippen LogP contribution in [0.3, 0.4) is 0 Å². The van der Waals surface area contributed by atoms with Crippen LogP contribution in [0, 0.1) is 5.92 Å². The van der Waals surface area contributed by atoms with Crippen LogP contribution in [0.25, 0.3) is 6.08 Å². The van der Waals surface area contributed by atoms with E-state index in [4.69, 9.17) is 9.47 Å². The van der Waals surface area contributed by atoms with Gasteiger partial charge < -0.3 is 19.7 Å². The Morgan fingerprint density at radius 1 is 0.771 bits per heavy atom. The van der Waals surface area contributed by atoms with Crippen LogP contribution in [0.15, 0.2) is 140 Å². The predicted octanol–water partition coefficient (Wildman–Crippen LogP) is 7.00. The van der Waals surface area contributed by atoms with Crippen molar-refractivity contribution in [3.8, 4) is 5.75 Å². The van der Waals surface area contributed by atoms with E-state index in [-0.39, 0.29) is 11.7 Å². The molecule has 8 rings (SSSR count). The number of nitrogens with one attached hydrogen (secondary N) is 1. The second-order valence-electron chi connectivity index (χ2n) is 12.3. The van der Waals surface area contributed by atoms with Crippen molar-refractivity contribution in [2.45, 2.75) is 23.6 Å². The van der Waals surface area contributed by atoms with Gasteiger partial charge in [0.15, 0.2) is 11.9 Å². The molecule has 48 heavy (non-hydrogen) atoms. The number of methoxy groups -OCH3 is 1. The lowest BCUT2D eigenvalue weighted by atomic mass is 9.66. The topological polar surface area (TPSA) is 84.9 Å². The summed E-state index contributed by atoms with van der Waals surface area (Å²) in [7, 11) is 1.57. The molecular formula is C41H32N2O5. The van der Waals surface area contributed by atoms with Crippen LogP contribution in [0.2, 0.25) is 0 Å². The van der Waals surface area contributed by atoms with Crippen molar-refractivity contribution in [3.05, 3.63) is 167 Å². The van der Waals surface area contributed by atoms with E-state index in [9.17, 15) is 9.59 Å². The van der Waals surface area contributed by atoms with E-state index >= 15 is 4.79 Å². The Balaban J connectivity index is 1.35. The van der Waals surface area contributed by atoms with Crippen LogP contribution in [0.1, 0.15) is 38.7 Å². The molecule has 1 fully saturated rings. The molecule has 236 valence electrons. The van der Waals surface area contributed by atoms with Crippen molar-refractivity contribution in [2.75, 3.05) is 17.3 Å². The number of anilines is 2. The molecule has 0 aromatic heterocycles. The van der Waals surface area contributed by atoms with E-state index < -0.39 is 35.5 Å². The predicted molar refractivity (Wildman–Crippen MR) is 184 cm³/mol. The number of esters is 1. The Labute approximate surface area is 278 Å². The first-order valence-corrected chi connectivity index (χ1v) is 16.0. The third kappa shape index (κ3) is 4.46. The maximum atomic E-state index is 15.2. The van der Waals surface area contributed by atoms with Crippen molar-refractivity contribution in [2.24, 2.45) is 5.92 Å². The van der Waals surface area contributed by atoms with Crippen molar-refractivity contribution < 1.29 is 23.9 Å². The Hall–Kier alpha value is -5.95. The second-order valence-corrected chi connectivity index (χ2v) is 12.3. The van der Waals surface area contributed by atoms with Crippen LogP contribution in [-0.4, -0.2) is 36.9 Å². The van der Waals surface area contributed by atoms with Crippen LogP contribution in [-0.2, 0) is 19.7 Å². The Morgan fingerprint density at radius 2 is 1.40 bits per heavy atom. The number of para-hydroxylation sites is 2. The molecule has 7 heteroatoms. The average molecular weight is 633 g/mol. The zero-order valence-corrected chi connectivity index (χ0v) is 26.2. The zero-order valence-electron chi connectivity index (χ0n) is 26.2. The Kier molecular flexibility index (Phi) is 7.17. The molecule has 4 atom stereocenters. The maximum absolute atomic E-state index is 15.2. The molecule has 1 amide bonds. The van der Waals surface area contributed by atoms with Crippen molar-refractivity contribution in [1.29, 1.82) is 0 Å². The van der Waals surface area contributed by atoms with Crippen LogP contribution in [0.4, 0.5) is 11.4 Å². The van der Waals surface area contributed by atoms with Gasteiger partial charge in [0, 0.05) is 16.9 Å². The number of hydrogen-bond acceptors (Lipinski definition) is 6. The quantitative estimate of drug-likeness (QED) is 0.154. The molecular weight excluding hydrogens is 600 g/mol. The summed E-state index contributed by atoms with van der Waals surface area (Å²) in [6, 6.07) is 39.4. The van der Waals surface area contributed by atoms with Crippen LogP contribution >= 0.6 is 0 Å². The standard InChI is InChI=1S/C41H32N2O5/c1-47-30-23-20-27(21-24-30)37(44)36-35(39(45)48-38(28-13-4-2-5-14-28)29-15-6-3-7-16-29)41(31-17-9-10-18-32(31)42-40(41)46)34-25-22-26-12-8-11-19-33(26)43(34)36/h2-25,34-36,38H,1H3,(H,42,46). The fourth-order valence-electron chi connectivity index (χ4n) is 7.78. The minimum absolute atomic E-state index is 0.292. The van der Waals surface area contributed by atoms with Gasteiger partial charge in [0.05, 0.1) is 13.2 Å². The van der Waals surface area contributed by atoms with Gasteiger partial charge in [-0.05, 0) is 58.7 Å². The number of benzene rings is 5. The van der Waals surface area contributed by atoms with E-state index in [1.165, 1.54) is 0 Å². The molecule has 4 unspecified atom stereocenters. The number of ether oxygens (including phenoxy) is 2. The lowest BCUT2D eigenvalue weighted by molar-refractivity contribution is -0.156. The number of rotatable bonds is 7. The first kappa shape index (κ1) is 29.5. The lowest BCUT2D eigenvalue weighted by Gasteiger charge is -2.37. The van der Waals surface area contributed by atoms with Gasteiger partial charge in [-0.3, -0.25) is 14.4 Å². The van der Waals surface area contributed by atoms with Gasteiger partial charge >= 0.3 is 5.97 Å². The van der Waals surface area contributed by atoms with Crippen molar-refractivity contribution >= 4 is 35.1 Å². The number of carbonyl (C=O) groups excluding carboxylic acids is 3. The molecule has 0 bridgehead atoms. The molecule has 3 heterocycles. The summed E-state index contributed by atoms with van der Waals surface area (Å²) in [5.41, 5.74) is 3.43. The van der Waals surface area contributed by atoms with Gasteiger partial charge in [-0.15, -0.1) is 0 Å². The number of carbonyl (C=O) groups is 3. The van der Waals surface area contributed by atoms with Gasteiger partial charge in [-0.25, -0.2) is 0 Å². The summed E-state index contributed by atoms with van der Waals surface area (Å²) < 4.78 is 11.9. The van der Waals surface area contributed by atoms with E-state index in [2.05, 4.69) is 5.32 Å². The third-order valence-corrected chi connectivity index (χ3v) is 9.88. The lowest BCUT2D eigenvalue weighted by Crippen LogP contribution is -2.51. The van der Waals surface area contributed by atoms with E-state index in [0.717, 1.165) is 22.4 Å². The van der Waals surface area contributed by atoms with Gasteiger partial charge in [0.1, 0.15) is 23.1 Å². The summed E-state index contributed by atoms with van der Waals surface area (Å²) in [6.45, 7) is 0. The minimum Gasteiger partial charge on any atom is -0.497 e. The monoisotopic (exact) mass is 632 g/mol. The van der Waals surface area contributed by atoms with E-state index in [0.29, 0.717) is 22.6 Å². The normalized spacial score (nSPS) is 21.8. The SMILES string of the molecule is COc1ccc(C(=O)C2C(C(=O)OC(c3ccccc3)c3ccccc3)C3(C(=O)Nc4ccccc43)C3C=Cc4ccccc4N23)cc1. The van der Waals surface area contributed by atoms with Gasteiger partial charge in [0.25, 0.3) is 0 Å².